The van der Waals surface area contributed by atoms with E-state index in [9.17, 15) is 0 Å². The second kappa shape index (κ2) is 4.55. The molecule has 1 N–H and O–H groups in total. The fourth-order valence-corrected chi connectivity index (χ4v) is 2.14. The molecule has 2 aromatic rings. The lowest BCUT2D eigenvalue weighted by Crippen LogP contribution is -2.27. The third-order valence-electron chi connectivity index (χ3n) is 2.90. The summed E-state index contributed by atoms with van der Waals surface area (Å²) in [6, 6.07) is 6.39. The fraction of sp³-hybridized carbons (Fsp3) is 0.417. The zero-order chi connectivity index (χ0) is 11.7. The highest BCUT2D eigenvalue weighted by Crippen LogP contribution is 2.23. The molecule has 0 unspecified atom stereocenters. The third kappa shape index (κ3) is 2.37. The lowest BCUT2D eigenvalue weighted by atomic mass is 10.1. The maximum absolute atomic E-state index is 5.90. The summed E-state index contributed by atoms with van der Waals surface area (Å²) >= 11 is 5.90. The molecule has 17 heavy (non-hydrogen) atoms. The van der Waals surface area contributed by atoms with Gasteiger partial charge in [-0.25, -0.2) is 0 Å². The predicted octanol–water partition coefficient (Wildman–Crippen LogP) is 3.07. The Morgan fingerprint density at radius 2 is 2.12 bits per heavy atom. The van der Waals surface area contributed by atoms with Crippen molar-refractivity contribution in [2.24, 2.45) is 0 Å². The van der Waals surface area contributed by atoms with Crippen LogP contribution in [0.25, 0.3) is 11.1 Å². The highest BCUT2D eigenvalue weighted by molar-refractivity contribution is 6.31. The van der Waals surface area contributed by atoms with Crippen LogP contribution in [0.2, 0.25) is 5.02 Å². The van der Waals surface area contributed by atoms with Crippen molar-refractivity contribution in [3.8, 4) is 0 Å². The van der Waals surface area contributed by atoms with Gasteiger partial charge in [-0.3, -0.25) is 0 Å². The van der Waals surface area contributed by atoms with Crippen molar-refractivity contribution in [2.45, 2.75) is 18.9 Å². The Bertz CT molecular complexity index is 520. The first kappa shape index (κ1) is 10.9. The maximum atomic E-state index is 5.90. The molecule has 0 saturated carbocycles. The Morgan fingerprint density at radius 1 is 1.29 bits per heavy atom. The number of oxazole rings is 1. The van der Waals surface area contributed by atoms with Gasteiger partial charge in [0.2, 0.25) is 0 Å². The number of hydrogen-bond acceptors (Lipinski definition) is 4. The maximum Gasteiger partial charge on any atom is 0.295 e. The lowest BCUT2D eigenvalue weighted by Gasteiger charge is -2.21. The molecule has 1 saturated heterocycles. The first-order valence-corrected chi connectivity index (χ1v) is 6.09. The second-order valence-corrected chi connectivity index (χ2v) is 4.60. The van der Waals surface area contributed by atoms with Gasteiger partial charge in [-0.05, 0) is 25.0 Å². The number of hydrogen-bond donors (Lipinski definition) is 1. The molecule has 90 valence electrons. The zero-order valence-electron chi connectivity index (χ0n) is 9.28. The van der Waals surface area contributed by atoms with Gasteiger partial charge >= 0.3 is 0 Å². The van der Waals surface area contributed by atoms with Gasteiger partial charge < -0.3 is 14.5 Å². The van der Waals surface area contributed by atoms with Gasteiger partial charge in [-0.15, -0.1) is 0 Å². The number of nitrogens with one attached hydrogen (secondary N) is 1. The predicted molar refractivity (Wildman–Crippen MR) is 66.5 cm³/mol. The summed E-state index contributed by atoms with van der Waals surface area (Å²) in [6.45, 7) is 1.59. The first-order valence-electron chi connectivity index (χ1n) is 5.71. The van der Waals surface area contributed by atoms with E-state index in [1.54, 1.807) is 6.07 Å². The van der Waals surface area contributed by atoms with Crippen LogP contribution in [0, 0.1) is 0 Å². The average Bonchev–Trinajstić information content (AvgIpc) is 2.71. The van der Waals surface area contributed by atoms with Crippen LogP contribution in [0.5, 0.6) is 0 Å². The monoisotopic (exact) mass is 252 g/mol. The average molecular weight is 253 g/mol. The quantitative estimate of drug-likeness (QED) is 0.892. The van der Waals surface area contributed by atoms with E-state index in [2.05, 4.69) is 10.3 Å². The summed E-state index contributed by atoms with van der Waals surface area (Å²) in [4.78, 5) is 4.37. The van der Waals surface area contributed by atoms with Crippen LogP contribution >= 0.6 is 11.6 Å². The highest BCUT2D eigenvalue weighted by Gasteiger charge is 2.16. The van der Waals surface area contributed by atoms with E-state index in [0.29, 0.717) is 22.7 Å². The van der Waals surface area contributed by atoms with Crippen molar-refractivity contribution in [3.05, 3.63) is 23.2 Å². The van der Waals surface area contributed by atoms with Crippen molar-refractivity contribution in [1.82, 2.24) is 4.98 Å². The Kier molecular flexibility index (Phi) is 2.91. The topological polar surface area (TPSA) is 47.3 Å². The van der Waals surface area contributed by atoms with Crippen molar-refractivity contribution < 1.29 is 9.15 Å². The molecule has 3 rings (SSSR count). The normalized spacial score (nSPS) is 17.5. The number of anilines is 1. The fourth-order valence-electron chi connectivity index (χ4n) is 1.98. The summed E-state index contributed by atoms with van der Waals surface area (Å²) in [5, 5.41) is 3.95. The van der Waals surface area contributed by atoms with E-state index in [1.807, 2.05) is 12.1 Å². The van der Waals surface area contributed by atoms with Gasteiger partial charge in [-0.2, -0.15) is 4.98 Å². The molecule has 0 atom stereocenters. The smallest absolute Gasteiger partial charge is 0.295 e. The molecule has 1 aromatic carbocycles. The van der Waals surface area contributed by atoms with Gasteiger partial charge in [0.25, 0.3) is 6.01 Å². The van der Waals surface area contributed by atoms with Gasteiger partial charge in [0, 0.05) is 30.3 Å². The third-order valence-corrected chi connectivity index (χ3v) is 3.13. The molecule has 0 bridgehead atoms. The van der Waals surface area contributed by atoms with Crippen LogP contribution in [0.4, 0.5) is 6.01 Å². The summed E-state index contributed by atoms with van der Waals surface area (Å²) in [6.07, 6.45) is 1.97. The van der Waals surface area contributed by atoms with Crippen molar-refractivity contribution >= 4 is 28.7 Å². The SMILES string of the molecule is Clc1ccc2nc(NC3CCOCC3)oc2c1. The molecule has 1 aromatic heterocycles. The molecule has 1 aliphatic rings. The first-order chi connectivity index (χ1) is 8.31. The van der Waals surface area contributed by atoms with Crippen LogP contribution in [-0.4, -0.2) is 24.2 Å². The van der Waals surface area contributed by atoms with Crippen LogP contribution in [0.15, 0.2) is 22.6 Å². The zero-order valence-corrected chi connectivity index (χ0v) is 10.0. The molecule has 0 aliphatic carbocycles. The van der Waals surface area contributed by atoms with Gasteiger partial charge in [0.15, 0.2) is 5.58 Å². The minimum atomic E-state index is 0.382. The van der Waals surface area contributed by atoms with Crippen LogP contribution in [-0.2, 0) is 4.74 Å². The summed E-state index contributed by atoms with van der Waals surface area (Å²) in [5.74, 6) is 0. The number of fused-ring (bicyclic) bond motifs is 1. The number of nitrogens with zero attached hydrogens (tertiary/aromatic N) is 1. The molecule has 1 fully saturated rings. The second-order valence-electron chi connectivity index (χ2n) is 4.16. The van der Waals surface area contributed by atoms with E-state index in [4.69, 9.17) is 20.8 Å². The van der Waals surface area contributed by atoms with E-state index in [0.717, 1.165) is 31.6 Å². The number of benzene rings is 1. The highest BCUT2D eigenvalue weighted by atomic mass is 35.5. The van der Waals surface area contributed by atoms with E-state index >= 15 is 0 Å². The van der Waals surface area contributed by atoms with Gasteiger partial charge in [0.1, 0.15) is 5.52 Å². The number of ether oxygens (including phenoxy) is 1. The minimum absolute atomic E-state index is 0.382. The van der Waals surface area contributed by atoms with Crippen molar-refractivity contribution in [3.63, 3.8) is 0 Å². The van der Waals surface area contributed by atoms with Crippen LogP contribution in [0.1, 0.15) is 12.8 Å². The van der Waals surface area contributed by atoms with Gasteiger partial charge in [-0.1, -0.05) is 11.6 Å². The molecule has 4 nitrogen and oxygen atoms in total. The Balaban J connectivity index is 1.80. The molecule has 0 radical (unpaired) electrons. The van der Waals surface area contributed by atoms with Crippen LogP contribution < -0.4 is 5.32 Å². The van der Waals surface area contributed by atoms with E-state index in [-0.39, 0.29) is 0 Å². The Labute approximate surface area is 104 Å². The number of rotatable bonds is 2. The van der Waals surface area contributed by atoms with Gasteiger partial charge in [0.05, 0.1) is 0 Å². The molecule has 0 amide bonds. The summed E-state index contributed by atoms with van der Waals surface area (Å²) < 4.78 is 10.9. The number of halogens is 1. The van der Waals surface area contributed by atoms with E-state index < -0.39 is 0 Å². The standard InChI is InChI=1S/C12H13ClN2O2/c13-8-1-2-10-11(7-8)17-12(15-10)14-9-3-5-16-6-4-9/h1-2,7,9H,3-6H2,(H,14,15). The van der Waals surface area contributed by atoms with Crippen molar-refractivity contribution in [1.29, 1.82) is 0 Å². The Hall–Kier alpha value is -1.26. The summed E-state index contributed by atoms with van der Waals surface area (Å²) in [7, 11) is 0. The largest absolute Gasteiger partial charge is 0.423 e. The summed E-state index contributed by atoms with van der Waals surface area (Å²) in [5.41, 5.74) is 1.54. The molecule has 0 spiro atoms. The molecule has 1 aliphatic heterocycles. The van der Waals surface area contributed by atoms with Crippen molar-refractivity contribution in [2.75, 3.05) is 18.5 Å². The molecular formula is C12H13ClN2O2. The van der Waals surface area contributed by atoms with Crippen LogP contribution in [0.3, 0.4) is 0 Å². The Morgan fingerprint density at radius 3 is 2.94 bits per heavy atom. The minimum Gasteiger partial charge on any atom is -0.423 e. The number of aromatic nitrogens is 1. The molecule has 5 heteroatoms. The lowest BCUT2D eigenvalue weighted by molar-refractivity contribution is 0.0900. The molecular weight excluding hydrogens is 240 g/mol. The molecule has 2 heterocycles. The van der Waals surface area contributed by atoms with E-state index in [1.165, 1.54) is 0 Å².